The third kappa shape index (κ3) is 3.62. The van der Waals surface area contributed by atoms with E-state index < -0.39 is 0 Å². The maximum absolute atomic E-state index is 13.1. The Hall–Kier alpha value is -3.77. The molecule has 0 radical (unpaired) electrons. The van der Waals surface area contributed by atoms with Gasteiger partial charge in [-0.3, -0.25) is 19.1 Å². The molecule has 0 N–H and O–H groups in total. The number of fused-ring (bicyclic) bond motifs is 2. The number of carbonyl (C=O) groups is 1. The number of para-hydroxylation sites is 1. The largest absolute Gasteiger partial charge is 0.304 e. The van der Waals surface area contributed by atoms with Gasteiger partial charge in [0.15, 0.2) is 5.78 Å². The number of benzene rings is 2. The summed E-state index contributed by atoms with van der Waals surface area (Å²) in [6.45, 7) is 0.430. The molecule has 152 valence electrons. The standard InChI is InChI=1S/C24H17ClN4O2/c25-19-6-3-5-17(12-19)22(30)15-28-21-7-2-1-4-18(21)14-29-23(31)13-20(27-24(28)29)16-8-10-26-11-9-16/h1-13H,14-15H2. The second-order valence-corrected chi connectivity index (χ2v) is 7.69. The van der Waals surface area contributed by atoms with E-state index in [1.54, 1.807) is 58.3 Å². The molecule has 2 aromatic carbocycles. The highest BCUT2D eigenvalue weighted by Crippen LogP contribution is 2.33. The maximum Gasteiger partial charge on any atom is 0.255 e. The van der Waals surface area contributed by atoms with Crippen LogP contribution < -0.4 is 10.5 Å². The summed E-state index contributed by atoms with van der Waals surface area (Å²) in [5.41, 5.74) is 3.47. The highest BCUT2D eigenvalue weighted by atomic mass is 35.5. The first-order chi connectivity index (χ1) is 15.1. The Balaban J connectivity index is 1.63. The molecule has 6 nitrogen and oxygen atoms in total. The number of hydrogen-bond donors (Lipinski definition) is 0. The van der Waals surface area contributed by atoms with Crippen LogP contribution in [0.5, 0.6) is 0 Å². The first-order valence-corrected chi connectivity index (χ1v) is 10.1. The molecule has 7 heteroatoms. The second kappa shape index (κ2) is 7.81. The van der Waals surface area contributed by atoms with Gasteiger partial charge in [-0.05, 0) is 35.9 Å². The fourth-order valence-electron chi connectivity index (χ4n) is 3.76. The topological polar surface area (TPSA) is 68.1 Å². The predicted octanol–water partition coefficient (Wildman–Crippen LogP) is 4.34. The van der Waals surface area contributed by atoms with Crippen LogP contribution in [0.25, 0.3) is 11.3 Å². The normalized spacial score (nSPS) is 12.2. The van der Waals surface area contributed by atoms with Crippen LogP contribution in [0.1, 0.15) is 15.9 Å². The van der Waals surface area contributed by atoms with E-state index >= 15 is 0 Å². The number of pyridine rings is 1. The van der Waals surface area contributed by atoms with Crippen LogP contribution in [0.15, 0.2) is 83.9 Å². The van der Waals surface area contributed by atoms with E-state index in [2.05, 4.69) is 4.98 Å². The summed E-state index contributed by atoms with van der Waals surface area (Å²) in [5, 5.41) is 0.500. The molecule has 0 bridgehead atoms. The highest BCUT2D eigenvalue weighted by Gasteiger charge is 2.27. The fraction of sp³-hybridized carbons (Fsp3) is 0.0833. The Morgan fingerprint density at radius 1 is 1.00 bits per heavy atom. The van der Waals surface area contributed by atoms with Crippen molar-refractivity contribution >= 4 is 29.0 Å². The summed E-state index contributed by atoms with van der Waals surface area (Å²) in [6.07, 6.45) is 3.31. The van der Waals surface area contributed by atoms with E-state index in [9.17, 15) is 9.59 Å². The predicted molar refractivity (Wildman–Crippen MR) is 120 cm³/mol. The monoisotopic (exact) mass is 428 g/mol. The van der Waals surface area contributed by atoms with Gasteiger partial charge in [0.1, 0.15) is 0 Å². The van der Waals surface area contributed by atoms with E-state index in [-0.39, 0.29) is 17.9 Å². The first-order valence-electron chi connectivity index (χ1n) is 9.76. The zero-order chi connectivity index (χ0) is 21.4. The molecule has 0 amide bonds. The number of ketones is 1. The molecule has 4 aromatic rings. The minimum atomic E-state index is -0.175. The summed E-state index contributed by atoms with van der Waals surface area (Å²) in [6, 6.07) is 19.7. The lowest BCUT2D eigenvalue weighted by molar-refractivity contribution is 0.100. The molecular formula is C24H17ClN4O2. The van der Waals surface area contributed by atoms with Crippen molar-refractivity contribution in [2.75, 3.05) is 11.4 Å². The number of halogens is 1. The summed E-state index contributed by atoms with van der Waals surface area (Å²) in [5.74, 6) is 0.322. The Bertz CT molecular complexity index is 1350. The quantitative estimate of drug-likeness (QED) is 0.452. The second-order valence-electron chi connectivity index (χ2n) is 7.25. The number of carbonyl (C=O) groups excluding carboxylic acids is 1. The smallest absolute Gasteiger partial charge is 0.255 e. The van der Waals surface area contributed by atoms with Crippen LogP contribution in [-0.4, -0.2) is 26.9 Å². The number of aromatic nitrogens is 3. The third-order valence-corrected chi connectivity index (χ3v) is 5.50. The average molecular weight is 429 g/mol. The van der Waals surface area contributed by atoms with E-state index in [0.29, 0.717) is 28.8 Å². The van der Waals surface area contributed by atoms with Gasteiger partial charge in [0, 0.05) is 40.3 Å². The lowest BCUT2D eigenvalue weighted by Gasteiger charge is -2.32. The Labute approximate surface area is 183 Å². The minimum Gasteiger partial charge on any atom is -0.304 e. The maximum atomic E-state index is 13.1. The molecular weight excluding hydrogens is 412 g/mol. The van der Waals surface area contributed by atoms with Crippen molar-refractivity contribution in [3.8, 4) is 11.3 Å². The Morgan fingerprint density at radius 3 is 2.61 bits per heavy atom. The summed E-state index contributed by atoms with van der Waals surface area (Å²) in [7, 11) is 0. The molecule has 0 spiro atoms. The van der Waals surface area contributed by atoms with Gasteiger partial charge in [-0.2, -0.15) is 0 Å². The van der Waals surface area contributed by atoms with Crippen molar-refractivity contribution in [1.82, 2.24) is 14.5 Å². The molecule has 1 aliphatic rings. The Kier molecular flexibility index (Phi) is 4.84. The summed E-state index contributed by atoms with van der Waals surface area (Å²) in [4.78, 5) is 36.7. The zero-order valence-corrected chi connectivity index (χ0v) is 17.2. The van der Waals surface area contributed by atoms with Gasteiger partial charge < -0.3 is 4.90 Å². The van der Waals surface area contributed by atoms with Gasteiger partial charge >= 0.3 is 0 Å². The van der Waals surface area contributed by atoms with Crippen molar-refractivity contribution in [1.29, 1.82) is 0 Å². The molecule has 3 heterocycles. The van der Waals surface area contributed by atoms with Crippen molar-refractivity contribution in [3.05, 3.63) is 106 Å². The molecule has 5 rings (SSSR count). The van der Waals surface area contributed by atoms with E-state index in [1.807, 2.05) is 24.3 Å². The average Bonchev–Trinajstić information content (AvgIpc) is 2.80. The van der Waals surface area contributed by atoms with Gasteiger partial charge in [0.2, 0.25) is 5.95 Å². The van der Waals surface area contributed by atoms with Crippen LogP contribution in [0, 0.1) is 0 Å². The molecule has 0 fully saturated rings. The SMILES string of the molecule is O=C(CN1c2ccccc2Cn2c1nc(-c1ccncc1)cc2=O)c1cccc(Cl)c1. The van der Waals surface area contributed by atoms with Gasteiger partial charge in [0.25, 0.3) is 5.56 Å². The van der Waals surface area contributed by atoms with Crippen LogP contribution in [0.2, 0.25) is 5.02 Å². The molecule has 0 atom stereocenters. The fourth-order valence-corrected chi connectivity index (χ4v) is 3.95. The first kappa shape index (κ1) is 19.2. The van der Waals surface area contributed by atoms with E-state index in [0.717, 1.165) is 16.8 Å². The van der Waals surface area contributed by atoms with Crippen LogP contribution in [0.4, 0.5) is 11.6 Å². The summed E-state index contributed by atoms with van der Waals surface area (Å²) < 4.78 is 1.60. The minimum absolute atomic E-state index is 0.0313. The van der Waals surface area contributed by atoms with Gasteiger partial charge in [-0.25, -0.2) is 4.98 Å². The number of nitrogens with zero attached hydrogens (tertiary/aromatic N) is 4. The van der Waals surface area contributed by atoms with Crippen molar-refractivity contribution in [2.24, 2.45) is 0 Å². The van der Waals surface area contributed by atoms with Crippen molar-refractivity contribution in [2.45, 2.75) is 6.54 Å². The number of Topliss-reactive ketones (excluding diaryl/α,β-unsaturated/α-hetero) is 1. The lowest BCUT2D eigenvalue weighted by atomic mass is 10.1. The molecule has 0 aliphatic carbocycles. The van der Waals surface area contributed by atoms with E-state index in [1.165, 1.54) is 6.07 Å². The van der Waals surface area contributed by atoms with Crippen molar-refractivity contribution in [3.63, 3.8) is 0 Å². The Morgan fingerprint density at radius 2 is 1.81 bits per heavy atom. The van der Waals surface area contributed by atoms with Crippen molar-refractivity contribution < 1.29 is 4.79 Å². The van der Waals surface area contributed by atoms with Gasteiger partial charge in [0.05, 0.1) is 18.8 Å². The third-order valence-electron chi connectivity index (χ3n) is 5.26. The zero-order valence-electron chi connectivity index (χ0n) is 16.4. The highest BCUT2D eigenvalue weighted by molar-refractivity contribution is 6.31. The lowest BCUT2D eigenvalue weighted by Crippen LogP contribution is -2.37. The molecule has 0 saturated carbocycles. The summed E-state index contributed by atoms with van der Waals surface area (Å²) >= 11 is 6.07. The van der Waals surface area contributed by atoms with Crippen LogP contribution in [0.3, 0.4) is 0 Å². The molecule has 1 aliphatic heterocycles. The van der Waals surface area contributed by atoms with Crippen LogP contribution in [-0.2, 0) is 6.54 Å². The number of rotatable bonds is 4. The van der Waals surface area contributed by atoms with E-state index in [4.69, 9.17) is 16.6 Å². The molecule has 0 saturated heterocycles. The van der Waals surface area contributed by atoms with Gasteiger partial charge in [-0.1, -0.05) is 41.9 Å². The molecule has 31 heavy (non-hydrogen) atoms. The molecule has 2 aromatic heterocycles. The molecule has 0 unspecified atom stereocenters. The van der Waals surface area contributed by atoms with Crippen LogP contribution >= 0.6 is 11.6 Å². The number of anilines is 2. The van der Waals surface area contributed by atoms with Gasteiger partial charge in [-0.15, -0.1) is 0 Å². The number of hydrogen-bond acceptors (Lipinski definition) is 5.